The number of rotatable bonds is 5. The fraction of sp³-hybridized carbons (Fsp3) is 0.417. The molecule has 1 N–H and O–H groups in total. The van der Waals surface area contributed by atoms with Gasteiger partial charge in [-0.2, -0.15) is 0 Å². The molecule has 1 amide bonds. The SMILES string of the molecule is CCC(Br)CCNC(=O)c1ccc(Br)cc1F. The van der Waals surface area contributed by atoms with Crippen LogP contribution in [0.15, 0.2) is 22.7 Å². The van der Waals surface area contributed by atoms with E-state index in [0.29, 0.717) is 15.8 Å². The van der Waals surface area contributed by atoms with Crippen LogP contribution in [-0.4, -0.2) is 17.3 Å². The summed E-state index contributed by atoms with van der Waals surface area (Å²) >= 11 is 6.62. The molecule has 1 aromatic carbocycles. The molecule has 0 aliphatic heterocycles. The largest absolute Gasteiger partial charge is 0.352 e. The molecule has 1 aromatic rings. The highest BCUT2D eigenvalue weighted by Crippen LogP contribution is 2.15. The Labute approximate surface area is 117 Å². The average Bonchev–Trinajstić information content (AvgIpc) is 2.28. The first kappa shape index (κ1) is 14.6. The van der Waals surface area contributed by atoms with E-state index in [1.54, 1.807) is 6.07 Å². The van der Waals surface area contributed by atoms with Crippen molar-refractivity contribution in [3.05, 3.63) is 34.1 Å². The standard InChI is InChI=1S/C12H14Br2FNO/c1-2-8(13)5-6-16-12(17)10-4-3-9(14)7-11(10)15/h3-4,7-8H,2,5-6H2,1H3,(H,16,17). The van der Waals surface area contributed by atoms with Crippen molar-refractivity contribution in [2.24, 2.45) is 0 Å². The molecule has 0 saturated heterocycles. The number of carbonyl (C=O) groups excluding carboxylic acids is 1. The van der Waals surface area contributed by atoms with Crippen molar-refractivity contribution in [3.8, 4) is 0 Å². The number of nitrogens with one attached hydrogen (secondary N) is 1. The van der Waals surface area contributed by atoms with E-state index in [0.717, 1.165) is 12.8 Å². The Morgan fingerprint density at radius 3 is 2.82 bits per heavy atom. The number of benzene rings is 1. The summed E-state index contributed by atoms with van der Waals surface area (Å²) in [6.07, 6.45) is 1.84. The Kier molecular flexibility index (Phi) is 6.12. The van der Waals surface area contributed by atoms with Crippen LogP contribution < -0.4 is 5.32 Å². The van der Waals surface area contributed by atoms with Gasteiger partial charge in [-0.3, -0.25) is 4.79 Å². The third-order valence-corrected chi connectivity index (χ3v) is 3.96. The zero-order chi connectivity index (χ0) is 12.8. The Bertz CT molecular complexity index is 398. The molecule has 1 unspecified atom stereocenters. The van der Waals surface area contributed by atoms with Crippen LogP contribution in [0.1, 0.15) is 30.1 Å². The van der Waals surface area contributed by atoms with Gasteiger partial charge in [-0.15, -0.1) is 0 Å². The number of carbonyl (C=O) groups is 1. The number of alkyl halides is 1. The van der Waals surface area contributed by atoms with E-state index in [1.165, 1.54) is 12.1 Å². The summed E-state index contributed by atoms with van der Waals surface area (Å²) in [5, 5.41) is 2.70. The van der Waals surface area contributed by atoms with Crippen molar-refractivity contribution >= 4 is 37.8 Å². The first-order valence-electron chi connectivity index (χ1n) is 5.42. The van der Waals surface area contributed by atoms with Gasteiger partial charge in [-0.05, 0) is 31.0 Å². The van der Waals surface area contributed by atoms with Crippen molar-refractivity contribution in [2.45, 2.75) is 24.6 Å². The molecule has 0 fully saturated rings. The minimum absolute atomic E-state index is 0.0795. The van der Waals surface area contributed by atoms with E-state index < -0.39 is 5.82 Å². The van der Waals surface area contributed by atoms with E-state index in [1.807, 2.05) is 0 Å². The highest BCUT2D eigenvalue weighted by atomic mass is 79.9. The van der Waals surface area contributed by atoms with E-state index in [-0.39, 0.29) is 11.5 Å². The van der Waals surface area contributed by atoms with E-state index in [2.05, 4.69) is 44.1 Å². The van der Waals surface area contributed by atoms with Gasteiger partial charge in [0, 0.05) is 15.8 Å². The van der Waals surface area contributed by atoms with Gasteiger partial charge >= 0.3 is 0 Å². The van der Waals surface area contributed by atoms with Gasteiger partial charge in [0.1, 0.15) is 5.82 Å². The molecule has 94 valence electrons. The third-order valence-electron chi connectivity index (χ3n) is 2.36. The number of hydrogen-bond acceptors (Lipinski definition) is 1. The van der Waals surface area contributed by atoms with Crippen LogP contribution in [0.5, 0.6) is 0 Å². The summed E-state index contributed by atoms with van der Waals surface area (Å²) in [7, 11) is 0. The molecule has 2 nitrogen and oxygen atoms in total. The lowest BCUT2D eigenvalue weighted by molar-refractivity contribution is 0.0949. The zero-order valence-corrected chi connectivity index (χ0v) is 12.6. The lowest BCUT2D eigenvalue weighted by Gasteiger charge is -2.08. The lowest BCUT2D eigenvalue weighted by atomic mass is 10.2. The maximum absolute atomic E-state index is 13.5. The molecule has 0 spiro atoms. The summed E-state index contributed by atoms with van der Waals surface area (Å²) in [4.78, 5) is 12.1. The minimum atomic E-state index is -0.511. The molecule has 1 rings (SSSR count). The Balaban J connectivity index is 2.52. The smallest absolute Gasteiger partial charge is 0.254 e. The molecule has 0 aliphatic rings. The first-order valence-corrected chi connectivity index (χ1v) is 7.12. The Morgan fingerprint density at radius 1 is 1.53 bits per heavy atom. The second kappa shape index (κ2) is 7.11. The van der Waals surface area contributed by atoms with E-state index >= 15 is 0 Å². The van der Waals surface area contributed by atoms with Crippen molar-refractivity contribution in [2.75, 3.05) is 6.54 Å². The molecule has 17 heavy (non-hydrogen) atoms. The minimum Gasteiger partial charge on any atom is -0.352 e. The van der Waals surface area contributed by atoms with Crippen LogP contribution in [0.2, 0.25) is 0 Å². The normalized spacial score (nSPS) is 12.2. The van der Waals surface area contributed by atoms with Crippen molar-refractivity contribution in [3.63, 3.8) is 0 Å². The molecule has 0 aromatic heterocycles. The summed E-state index contributed by atoms with van der Waals surface area (Å²) in [6.45, 7) is 2.60. The molecule has 1 atom stereocenters. The van der Waals surface area contributed by atoms with Gasteiger partial charge in [-0.25, -0.2) is 4.39 Å². The van der Waals surface area contributed by atoms with Crippen molar-refractivity contribution in [1.29, 1.82) is 0 Å². The summed E-state index contributed by atoms with van der Waals surface area (Å²) in [5.41, 5.74) is 0.0795. The van der Waals surface area contributed by atoms with Crippen LogP contribution >= 0.6 is 31.9 Å². The summed E-state index contributed by atoms with van der Waals surface area (Å²) < 4.78 is 14.1. The molecule has 0 bridgehead atoms. The van der Waals surface area contributed by atoms with Gasteiger partial charge in [-0.1, -0.05) is 38.8 Å². The quantitative estimate of drug-likeness (QED) is 0.787. The number of hydrogen-bond donors (Lipinski definition) is 1. The van der Waals surface area contributed by atoms with E-state index in [9.17, 15) is 9.18 Å². The molecule has 0 saturated carbocycles. The van der Waals surface area contributed by atoms with Crippen molar-refractivity contribution in [1.82, 2.24) is 5.32 Å². The third kappa shape index (κ3) is 4.76. The molecule has 0 radical (unpaired) electrons. The summed E-state index contributed by atoms with van der Waals surface area (Å²) in [6, 6.07) is 4.41. The monoisotopic (exact) mass is 365 g/mol. The highest BCUT2D eigenvalue weighted by molar-refractivity contribution is 9.10. The molecule has 0 heterocycles. The van der Waals surface area contributed by atoms with Crippen LogP contribution in [0.25, 0.3) is 0 Å². The molecule has 0 aliphatic carbocycles. The molecular weight excluding hydrogens is 353 g/mol. The fourth-order valence-electron chi connectivity index (χ4n) is 1.32. The first-order chi connectivity index (χ1) is 8.04. The maximum atomic E-state index is 13.5. The average molecular weight is 367 g/mol. The number of halogens is 3. The lowest BCUT2D eigenvalue weighted by Crippen LogP contribution is -2.26. The molecular formula is C12H14Br2FNO. The fourth-order valence-corrected chi connectivity index (χ4v) is 1.88. The van der Waals surface area contributed by atoms with Crippen molar-refractivity contribution < 1.29 is 9.18 Å². The summed E-state index contributed by atoms with van der Waals surface area (Å²) in [5.74, 6) is -0.881. The van der Waals surface area contributed by atoms with Crippen LogP contribution in [-0.2, 0) is 0 Å². The highest BCUT2D eigenvalue weighted by Gasteiger charge is 2.11. The Hall–Kier alpha value is -0.420. The van der Waals surface area contributed by atoms with Crippen LogP contribution in [0.4, 0.5) is 4.39 Å². The zero-order valence-electron chi connectivity index (χ0n) is 9.47. The topological polar surface area (TPSA) is 29.1 Å². The van der Waals surface area contributed by atoms with E-state index in [4.69, 9.17) is 0 Å². The Morgan fingerprint density at radius 2 is 2.24 bits per heavy atom. The second-order valence-electron chi connectivity index (χ2n) is 3.67. The van der Waals surface area contributed by atoms with Gasteiger partial charge in [0.25, 0.3) is 5.91 Å². The van der Waals surface area contributed by atoms with Gasteiger partial charge in [0.05, 0.1) is 5.56 Å². The second-order valence-corrected chi connectivity index (χ2v) is 5.88. The maximum Gasteiger partial charge on any atom is 0.254 e. The molecule has 5 heteroatoms. The van der Waals surface area contributed by atoms with Gasteiger partial charge in [0.2, 0.25) is 0 Å². The predicted octanol–water partition coefficient (Wildman–Crippen LogP) is 3.88. The van der Waals surface area contributed by atoms with Gasteiger partial charge in [0.15, 0.2) is 0 Å². The predicted molar refractivity (Wildman–Crippen MR) is 74.1 cm³/mol. The number of amides is 1. The van der Waals surface area contributed by atoms with Gasteiger partial charge < -0.3 is 5.32 Å². The van der Waals surface area contributed by atoms with Crippen LogP contribution in [0.3, 0.4) is 0 Å². The van der Waals surface area contributed by atoms with Crippen LogP contribution in [0, 0.1) is 5.82 Å².